The van der Waals surface area contributed by atoms with Gasteiger partial charge in [-0.1, -0.05) is 47.7 Å². The summed E-state index contributed by atoms with van der Waals surface area (Å²) in [5.74, 6) is 6.17. The van der Waals surface area contributed by atoms with Crippen LogP contribution in [0.1, 0.15) is 40.3 Å². The number of nitrogens with zero attached hydrogens (tertiary/aromatic N) is 1. The minimum Gasteiger partial charge on any atom is -0.394 e. The third-order valence-corrected chi connectivity index (χ3v) is 6.35. The molecule has 3 unspecified atom stereocenters. The van der Waals surface area contributed by atoms with Gasteiger partial charge < -0.3 is 24.6 Å². The molecule has 3 N–H and O–H groups in total. The van der Waals surface area contributed by atoms with Gasteiger partial charge in [-0.2, -0.15) is 0 Å². The predicted octanol–water partition coefficient (Wildman–Crippen LogP) is 2.57. The summed E-state index contributed by atoms with van der Waals surface area (Å²) in [4.78, 5) is 11.5. The zero-order chi connectivity index (χ0) is 24.2. The van der Waals surface area contributed by atoms with Crippen LogP contribution < -0.4 is 5.56 Å². The molecule has 2 aromatic carbocycles. The molecule has 2 heterocycles. The van der Waals surface area contributed by atoms with Crippen LogP contribution in [0.5, 0.6) is 0 Å². The van der Waals surface area contributed by atoms with E-state index in [-0.39, 0.29) is 18.6 Å². The second-order valence-corrected chi connectivity index (χ2v) is 8.89. The van der Waals surface area contributed by atoms with Gasteiger partial charge in [-0.3, -0.25) is 4.79 Å². The summed E-state index contributed by atoms with van der Waals surface area (Å²) in [6.07, 6.45) is -0.807. The van der Waals surface area contributed by atoms with E-state index >= 15 is 0 Å². The van der Waals surface area contributed by atoms with Crippen molar-refractivity contribution in [2.45, 2.75) is 37.3 Å². The minimum absolute atomic E-state index is 0.0744. The molecule has 0 saturated carbocycles. The SMILES string of the molecule is Cn1cc(C#Cc2ccc(Cc3cc(C4CC(O)[C@H](O)C(CO)O4)ccc3Cl)cc2)ccc1=O. The number of rotatable bonds is 4. The molecule has 176 valence electrons. The summed E-state index contributed by atoms with van der Waals surface area (Å²) in [5, 5.41) is 30.2. The third kappa shape index (κ3) is 5.58. The summed E-state index contributed by atoms with van der Waals surface area (Å²) < 4.78 is 7.30. The summed E-state index contributed by atoms with van der Waals surface area (Å²) in [6.45, 7) is -0.368. The van der Waals surface area contributed by atoms with E-state index in [0.29, 0.717) is 11.4 Å². The lowest BCUT2D eigenvalue weighted by molar-refractivity contribution is -0.181. The van der Waals surface area contributed by atoms with E-state index in [0.717, 1.165) is 27.8 Å². The Hall–Kier alpha value is -2.92. The van der Waals surface area contributed by atoms with Crippen LogP contribution >= 0.6 is 11.6 Å². The first kappa shape index (κ1) is 24.2. The number of pyridine rings is 1. The van der Waals surface area contributed by atoms with E-state index < -0.39 is 24.4 Å². The van der Waals surface area contributed by atoms with Crippen LogP contribution in [0.4, 0.5) is 0 Å². The smallest absolute Gasteiger partial charge is 0.250 e. The molecule has 1 saturated heterocycles. The molecule has 4 rings (SSSR count). The normalized spacial score (nSPS) is 22.1. The Morgan fingerprint density at radius 3 is 2.47 bits per heavy atom. The molecule has 0 spiro atoms. The molecule has 1 aliphatic rings. The van der Waals surface area contributed by atoms with Crippen molar-refractivity contribution < 1.29 is 20.1 Å². The van der Waals surface area contributed by atoms with E-state index in [2.05, 4.69) is 11.8 Å². The fraction of sp³-hybridized carbons (Fsp3) is 0.296. The number of aryl methyl sites for hydroxylation is 1. The number of aromatic nitrogens is 1. The van der Waals surface area contributed by atoms with Gasteiger partial charge >= 0.3 is 0 Å². The zero-order valence-electron chi connectivity index (χ0n) is 18.7. The number of benzene rings is 2. The molecule has 0 amide bonds. The Bertz CT molecular complexity index is 1270. The second kappa shape index (κ2) is 10.6. The van der Waals surface area contributed by atoms with E-state index in [4.69, 9.17) is 16.3 Å². The molecule has 7 heteroatoms. The maximum absolute atomic E-state index is 11.5. The molecule has 1 fully saturated rings. The van der Waals surface area contributed by atoms with Crippen molar-refractivity contribution in [3.05, 3.63) is 104 Å². The lowest BCUT2D eigenvalue weighted by atomic mass is 9.92. The van der Waals surface area contributed by atoms with E-state index in [9.17, 15) is 20.1 Å². The summed E-state index contributed by atoms with van der Waals surface area (Å²) in [6, 6.07) is 16.7. The van der Waals surface area contributed by atoms with Gasteiger partial charge in [0.25, 0.3) is 0 Å². The molecule has 6 nitrogen and oxygen atoms in total. The Kier molecular flexibility index (Phi) is 7.52. The van der Waals surface area contributed by atoms with Gasteiger partial charge in [-0.25, -0.2) is 0 Å². The zero-order valence-corrected chi connectivity index (χ0v) is 19.4. The highest BCUT2D eigenvalue weighted by atomic mass is 35.5. The molecular weight excluding hydrogens is 454 g/mol. The van der Waals surface area contributed by atoms with Crippen LogP contribution in [0.3, 0.4) is 0 Å². The van der Waals surface area contributed by atoms with Crippen molar-refractivity contribution in [3.8, 4) is 11.8 Å². The summed E-state index contributed by atoms with van der Waals surface area (Å²) >= 11 is 6.45. The van der Waals surface area contributed by atoms with Crippen molar-refractivity contribution in [1.82, 2.24) is 4.57 Å². The van der Waals surface area contributed by atoms with Crippen molar-refractivity contribution in [1.29, 1.82) is 0 Å². The molecule has 0 radical (unpaired) electrons. The number of halogens is 1. The minimum atomic E-state index is -1.11. The highest BCUT2D eigenvalue weighted by Crippen LogP contribution is 2.34. The first-order chi connectivity index (χ1) is 16.3. The maximum Gasteiger partial charge on any atom is 0.250 e. The number of aliphatic hydroxyl groups excluding tert-OH is 3. The molecule has 34 heavy (non-hydrogen) atoms. The molecule has 1 aliphatic heterocycles. The van der Waals surface area contributed by atoms with Gasteiger partial charge in [0, 0.05) is 41.9 Å². The molecule has 1 aromatic heterocycles. The van der Waals surface area contributed by atoms with Crippen LogP contribution in [-0.4, -0.2) is 44.8 Å². The monoisotopic (exact) mass is 479 g/mol. The van der Waals surface area contributed by atoms with Crippen LogP contribution in [0.15, 0.2) is 65.6 Å². The molecule has 3 aromatic rings. The highest BCUT2D eigenvalue weighted by Gasteiger charge is 2.37. The van der Waals surface area contributed by atoms with Gasteiger partial charge in [0.05, 0.1) is 18.8 Å². The average molecular weight is 480 g/mol. The quantitative estimate of drug-likeness (QED) is 0.500. The topological polar surface area (TPSA) is 91.9 Å². The molecular formula is C27H26ClNO5. The van der Waals surface area contributed by atoms with Crippen molar-refractivity contribution in [3.63, 3.8) is 0 Å². The predicted molar refractivity (Wildman–Crippen MR) is 130 cm³/mol. The Morgan fingerprint density at radius 1 is 1.06 bits per heavy atom. The molecule has 4 atom stereocenters. The van der Waals surface area contributed by atoms with Gasteiger partial charge in [0.1, 0.15) is 12.2 Å². The Labute approximate surface area is 203 Å². The lowest BCUT2D eigenvalue weighted by Gasteiger charge is -2.36. The van der Waals surface area contributed by atoms with Gasteiger partial charge in [0.2, 0.25) is 5.56 Å². The lowest BCUT2D eigenvalue weighted by Crippen LogP contribution is -2.47. The number of ether oxygens (including phenoxy) is 1. The Morgan fingerprint density at radius 2 is 1.76 bits per heavy atom. The van der Waals surface area contributed by atoms with Crippen molar-refractivity contribution in [2.75, 3.05) is 6.61 Å². The fourth-order valence-corrected chi connectivity index (χ4v) is 4.17. The van der Waals surface area contributed by atoms with Crippen LogP contribution in [0.25, 0.3) is 0 Å². The Balaban J connectivity index is 1.48. The first-order valence-corrected chi connectivity index (χ1v) is 11.4. The maximum atomic E-state index is 11.5. The van der Waals surface area contributed by atoms with E-state index in [1.54, 1.807) is 25.4 Å². The average Bonchev–Trinajstić information content (AvgIpc) is 2.83. The standard InChI is InChI=1S/C27H26ClNO5/c1-29-15-19(8-11-26(29)32)7-4-17-2-5-18(6-3-17)12-21-13-20(9-10-22(21)28)24-14-23(31)27(33)25(16-30)34-24/h2-3,5-6,8-11,13,15,23-25,27,30-31,33H,12,14,16H2,1H3/t23?,24?,25?,27-/m0/s1. The molecule has 0 aliphatic carbocycles. The number of hydrogen-bond acceptors (Lipinski definition) is 5. The molecule has 0 bridgehead atoms. The first-order valence-electron chi connectivity index (χ1n) is 11.0. The van der Waals surface area contributed by atoms with Crippen molar-refractivity contribution >= 4 is 11.6 Å². The largest absolute Gasteiger partial charge is 0.394 e. The summed E-state index contributed by atoms with van der Waals surface area (Å²) in [5.41, 5.74) is 4.35. The van der Waals surface area contributed by atoms with Crippen LogP contribution in [0, 0.1) is 11.8 Å². The van der Waals surface area contributed by atoms with Crippen LogP contribution in [0.2, 0.25) is 5.02 Å². The van der Waals surface area contributed by atoms with E-state index in [1.807, 2.05) is 36.4 Å². The van der Waals surface area contributed by atoms with Gasteiger partial charge in [0.15, 0.2) is 0 Å². The third-order valence-electron chi connectivity index (χ3n) is 5.98. The van der Waals surface area contributed by atoms with Gasteiger partial charge in [-0.15, -0.1) is 0 Å². The van der Waals surface area contributed by atoms with Gasteiger partial charge in [-0.05, 0) is 47.4 Å². The van der Waals surface area contributed by atoms with Crippen LogP contribution in [-0.2, 0) is 18.2 Å². The second-order valence-electron chi connectivity index (χ2n) is 8.48. The summed E-state index contributed by atoms with van der Waals surface area (Å²) in [7, 11) is 1.69. The highest BCUT2D eigenvalue weighted by molar-refractivity contribution is 6.31. The van der Waals surface area contributed by atoms with E-state index in [1.165, 1.54) is 10.6 Å². The number of aliphatic hydroxyl groups is 3. The fourth-order valence-electron chi connectivity index (χ4n) is 3.99. The van der Waals surface area contributed by atoms with Crippen molar-refractivity contribution in [2.24, 2.45) is 7.05 Å². The number of hydrogen-bond donors (Lipinski definition) is 3.